The van der Waals surface area contributed by atoms with Gasteiger partial charge in [-0.1, -0.05) is 54.4 Å². The van der Waals surface area contributed by atoms with Gasteiger partial charge in [-0.3, -0.25) is 0 Å². The minimum Gasteiger partial charge on any atom is -0.394 e. The second-order valence-electron chi connectivity index (χ2n) is 6.77. The van der Waals surface area contributed by atoms with Crippen LogP contribution in [-0.4, -0.2) is 47.8 Å². The number of aliphatic hydroxyl groups is 1. The highest BCUT2D eigenvalue weighted by Gasteiger charge is 2.27. The van der Waals surface area contributed by atoms with Crippen molar-refractivity contribution in [2.45, 2.75) is 85.2 Å². The van der Waals surface area contributed by atoms with E-state index in [2.05, 4.69) is 51.8 Å². The van der Waals surface area contributed by atoms with E-state index < -0.39 is 0 Å². The normalized spacial score (nSPS) is 15.1. The van der Waals surface area contributed by atoms with Gasteiger partial charge in [0.25, 0.3) is 0 Å². The molecule has 0 bridgehead atoms. The van der Waals surface area contributed by atoms with Gasteiger partial charge in [-0.05, 0) is 38.3 Å². The summed E-state index contributed by atoms with van der Waals surface area (Å²) in [6.07, 6.45) is 5.74. The molecule has 0 aliphatic heterocycles. The Kier molecular flexibility index (Phi) is 11.4. The van der Waals surface area contributed by atoms with E-state index in [1.54, 1.807) is 0 Å². The van der Waals surface area contributed by atoms with Crippen LogP contribution in [0.1, 0.15) is 73.6 Å². The van der Waals surface area contributed by atoms with E-state index in [-0.39, 0.29) is 12.1 Å². The minimum absolute atomic E-state index is 0.0947. The average Bonchev–Trinajstić information content (AvgIpc) is 2.49. The van der Waals surface area contributed by atoms with Gasteiger partial charge in [-0.15, -0.1) is 0 Å². The van der Waals surface area contributed by atoms with Gasteiger partial charge in [0.1, 0.15) is 0 Å². The van der Waals surface area contributed by atoms with Crippen LogP contribution in [0.3, 0.4) is 0 Å². The van der Waals surface area contributed by atoms with Gasteiger partial charge in [-0.25, -0.2) is 0 Å². The number of rotatable bonds is 13. The summed E-state index contributed by atoms with van der Waals surface area (Å²) in [4.78, 5) is 2.57. The summed E-state index contributed by atoms with van der Waals surface area (Å²) < 4.78 is 0. The summed E-state index contributed by atoms with van der Waals surface area (Å²) in [5, 5.41) is 13.4. The van der Waals surface area contributed by atoms with Gasteiger partial charge in [-0.2, -0.15) is 0 Å². The van der Waals surface area contributed by atoms with Crippen molar-refractivity contribution >= 4 is 0 Å². The Hall–Kier alpha value is -0.120. The molecule has 3 heteroatoms. The molecule has 0 aliphatic rings. The van der Waals surface area contributed by atoms with Gasteiger partial charge in [0.05, 0.1) is 6.61 Å². The monoisotopic (exact) mass is 300 g/mol. The largest absolute Gasteiger partial charge is 0.394 e. The molecular weight excluding hydrogens is 260 g/mol. The minimum atomic E-state index is -0.0947. The average molecular weight is 301 g/mol. The quantitative estimate of drug-likeness (QED) is 0.545. The third-order valence-electron chi connectivity index (χ3n) is 4.82. The second-order valence-corrected chi connectivity index (χ2v) is 6.77. The Bertz CT molecular complexity index is 235. The lowest BCUT2D eigenvalue weighted by atomic mass is 9.90. The summed E-state index contributed by atoms with van der Waals surface area (Å²) in [5.74, 6) is 0.826. The zero-order chi connectivity index (χ0) is 16.3. The predicted octanol–water partition coefficient (Wildman–Crippen LogP) is 3.66. The molecule has 0 aromatic rings. The fraction of sp³-hybridized carbons (Fsp3) is 1.00. The van der Waals surface area contributed by atoms with Gasteiger partial charge < -0.3 is 15.3 Å². The molecule has 0 rings (SSSR count). The zero-order valence-electron chi connectivity index (χ0n) is 15.4. The Morgan fingerprint density at radius 3 is 2.10 bits per heavy atom. The van der Waals surface area contributed by atoms with Crippen LogP contribution in [-0.2, 0) is 0 Å². The van der Waals surface area contributed by atoms with Crippen molar-refractivity contribution in [1.29, 1.82) is 0 Å². The second kappa shape index (κ2) is 11.4. The fourth-order valence-corrected chi connectivity index (χ4v) is 3.13. The molecule has 0 saturated heterocycles. The Labute approximate surface area is 133 Å². The summed E-state index contributed by atoms with van der Waals surface area (Å²) in [7, 11) is 0. The van der Waals surface area contributed by atoms with Gasteiger partial charge in [0, 0.05) is 18.1 Å². The van der Waals surface area contributed by atoms with Crippen LogP contribution in [0.15, 0.2) is 0 Å². The van der Waals surface area contributed by atoms with Crippen molar-refractivity contribution in [3.05, 3.63) is 0 Å². The van der Waals surface area contributed by atoms with E-state index in [4.69, 9.17) is 0 Å². The van der Waals surface area contributed by atoms with E-state index in [0.717, 1.165) is 38.3 Å². The van der Waals surface area contributed by atoms with Crippen molar-refractivity contribution in [3.8, 4) is 0 Å². The SMILES string of the molecule is CCC(CC)CN(CC)CCCC(CC)(CO)NC(C)C. The fourth-order valence-electron chi connectivity index (χ4n) is 3.13. The summed E-state index contributed by atoms with van der Waals surface area (Å²) in [6, 6.07) is 0.420. The van der Waals surface area contributed by atoms with Crippen LogP contribution in [0.2, 0.25) is 0 Å². The molecule has 0 radical (unpaired) electrons. The van der Waals surface area contributed by atoms with Crippen molar-refractivity contribution in [3.63, 3.8) is 0 Å². The lowest BCUT2D eigenvalue weighted by Gasteiger charge is -2.35. The lowest BCUT2D eigenvalue weighted by Crippen LogP contribution is -2.51. The number of hydrogen-bond donors (Lipinski definition) is 2. The number of hydrogen-bond acceptors (Lipinski definition) is 3. The molecule has 1 atom stereocenters. The van der Waals surface area contributed by atoms with E-state index in [1.807, 2.05) is 0 Å². The molecule has 0 aromatic carbocycles. The number of nitrogens with one attached hydrogen (secondary N) is 1. The molecule has 2 N–H and O–H groups in total. The Balaban J connectivity index is 4.33. The smallest absolute Gasteiger partial charge is 0.0613 e. The van der Waals surface area contributed by atoms with Gasteiger partial charge in [0.2, 0.25) is 0 Å². The molecule has 1 unspecified atom stereocenters. The maximum Gasteiger partial charge on any atom is 0.0613 e. The predicted molar refractivity (Wildman–Crippen MR) is 93.8 cm³/mol. The standard InChI is InChI=1S/C18H40N2O/c1-7-17(8-2)14-20(10-4)13-11-12-18(9-3,15-21)19-16(5)6/h16-17,19,21H,7-15H2,1-6H3. The molecule has 0 saturated carbocycles. The lowest BCUT2D eigenvalue weighted by molar-refractivity contribution is 0.128. The first-order valence-corrected chi connectivity index (χ1v) is 9.07. The Morgan fingerprint density at radius 1 is 1.10 bits per heavy atom. The van der Waals surface area contributed by atoms with Gasteiger partial charge in [0.15, 0.2) is 0 Å². The van der Waals surface area contributed by atoms with Gasteiger partial charge >= 0.3 is 0 Å². The molecule has 0 heterocycles. The summed E-state index contributed by atoms with van der Waals surface area (Å²) >= 11 is 0. The van der Waals surface area contributed by atoms with E-state index >= 15 is 0 Å². The first-order valence-electron chi connectivity index (χ1n) is 9.07. The third-order valence-corrected chi connectivity index (χ3v) is 4.82. The maximum absolute atomic E-state index is 9.79. The molecule has 0 fully saturated rings. The molecule has 0 amide bonds. The molecular formula is C18H40N2O. The molecule has 21 heavy (non-hydrogen) atoms. The van der Waals surface area contributed by atoms with Crippen LogP contribution in [0, 0.1) is 5.92 Å². The molecule has 0 spiro atoms. The highest BCUT2D eigenvalue weighted by Crippen LogP contribution is 2.19. The van der Waals surface area contributed by atoms with Crippen molar-refractivity contribution in [1.82, 2.24) is 10.2 Å². The van der Waals surface area contributed by atoms with Crippen molar-refractivity contribution in [2.75, 3.05) is 26.2 Å². The molecule has 128 valence electrons. The van der Waals surface area contributed by atoms with Crippen molar-refractivity contribution < 1.29 is 5.11 Å². The highest BCUT2D eigenvalue weighted by atomic mass is 16.3. The van der Waals surface area contributed by atoms with Crippen LogP contribution in [0.25, 0.3) is 0 Å². The topological polar surface area (TPSA) is 35.5 Å². The van der Waals surface area contributed by atoms with Crippen LogP contribution in [0.5, 0.6) is 0 Å². The summed E-state index contributed by atoms with van der Waals surface area (Å²) in [5.41, 5.74) is -0.0947. The molecule has 0 aromatic heterocycles. The van der Waals surface area contributed by atoms with Crippen LogP contribution < -0.4 is 5.32 Å². The van der Waals surface area contributed by atoms with Crippen molar-refractivity contribution in [2.24, 2.45) is 5.92 Å². The molecule has 3 nitrogen and oxygen atoms in total. The van der Waals surface area contributed by atoms with E-state index in [1.165, 1.54) is 19.4 Å². The molecule has 0 aliphatic carbocycles. The third kappa shape index (κ3) is 8.18. The zero-order valence-corrected chi connectivity index (χ0v) is 15.4. The first-order chi connectivity index (χ1) is 9.96. The first kappa shape index (κ1) is 20.9. The number of aliphatic hydroxyl groups excluding tert-OH is 1. The Morgan fingerprint density at radius 2 is 1.71 bits per heavy atom. The van der Waals surface area contributed by atoms with Crippen LogP contribution in [0.4, 0.5) is 0 Å². The highest BCUT2D eigenvalue weighted by molar-refractivity contribution is 4.87. The maximum atomic E-state index is 9.79. The van der Waals surface area contributed by atoms with Crippen LogP contribution >= 0.6 is 0 Å². The number of nitrogens with zero attached hydrogens (tertiary/aromatic N) is 1. The van der Waals surface area contributed by atoms with E-state index in [0.29, 0.717) is 6.04 Å². The van der Waals surface area contributed by atoms with E-state index in [9.17, 15) is 5.11 Å². The summed E-state index contributed by atoms with van der Waals surface area (Å²) in [6.45, 7) is 17.1.